The van der Waals surface area contributed by atoms with Crippen LogP contribution in [-0.4, -0.2) is 36.8 Å². The van der Waals surface area contributed by atoms with Crippen molar-refractivity contribution in [1.82, 2.24) is 19.9 Å². The zero-order valence-corrected chi connectivity index (χ0v) is 9.92. The van der Waals surface area contributed by atoms with Gasteiger partial charge in [0.25, 0.3) is 5.96 Å². The van der Waals surface area contributed by atoms with Crippen molar-refractivity contribution in [2.45, 2.75) is 19.1 Å². The molecular weight excluding hydrogens is 248 g/mol. The smallest absolute Gasteiger partial charge is 0.268 e. The van der Waals surface area contributed by atoms with Gasteiger partial charge in [-0.15, -0.1) is 5.10 Å². The van der Waals surface area contributed by atoms with Crippen LogP contribution in [0.2, 0.25) is 0 Å². The van der Waals surface area contributed by atoms with Gasteiger partial charge in [-0.05, 0) is 11.9 Å². The largest absolute Gasteiger partial charge is 0.408 e. The lowest BCUT2D eigenvalue weighted by Gasteiger charge is -2.23. The highest BCUT2D eigenvalue weighted by molar-refractivity contribution is 7.97. The summed E-state index contributed by atoms with van der Waals surface area (Å²) in [5.74, 6) is 0.113. The average Bonchev–Trinajstić information content (AvgIpc) is 2.51. The van der Waals surface area contributed by atoms with E-state index in [-0.39, 0.29) is 5.96 Å². The fourth-order valence-corrected chi connectivity index (χ4v) is 1.95. The highest BCUT2D eigenvalue weighted by atomic mass is 32.2. The van der Waals surface area contributed by atoms with E-state index in [2.05, 4.69) is 10.4 Å². The number of hydrazone groups is 1. The number of amides is 2. The van der Waals surface area contributed by atoms with E-state index in [9.17, 15) is 14.9 Å². The van der Waals surface area contributed by atoms with Gasteiger partial charge in [-0.2, -0.15) is 5.01 Å². The number of carbonyl (C=O) groups is 1. The van der Waals surface area contributed by atoms with Crippen LogP contribution < -0.4 is 5.32 Å². The Hall–Kier alpha value is -1.97. The summed E-state index contributed by atoms with van der Waals surface area (Å²) in [5.41, 5.74) is 0. The quantitative estimate of drug-likeness (QED) is 0.451. The maximum absolute atomic E-state index is 11.3. The van der Waals surface area contributed by atoms with Crippen molar-refractivity contribution in [2.24, 2.45) is 5.10 Å². The van der Waals surface area contributed by atoms with Crippen LogP contribution in [0.3, 0.4) is 0 Å². The first kappa shape index (κ1) is 11.5. The maximum atomic E-state index is 11.3. The molecule has 10 heteroatoms. The lowest BCUT2D eigenvalue weighted by atomic mass is 10.6. The Morgan fingerprint density at radius 3 is 2.82 bits per heavy atom. The van der Waals surface area contributed by atoms with Gasteiger partial charge >= 0.3 is 6.03 Å². The molecule has 2 amide bonds. The van der Waals surface area contributed by atoms with E-state index in [0.717, 1.165) is 5.01 Å². The van der Waals surface area contributed by atoms with E-state index >= 15 is 0 Å². The number of nitro groups is 1. The number of hydrazine groups is 2. The number of nitrogens with one attached hydrogen (secondary N) is 1. The molecule has 2 rings (SSSR count). The third kappa shape index (κ3) is 2.11. The van der Waals surface area contributed by atoms with E-state index in [1.54, 1.807) is 10.6 Å². The summed E-state index contributed by atoms with van der Waals surface area (Å²) in [7, 11) is 0. The lowest BCUT2D eigenvalue weighted by molar-refractivity contribution is -0.661. The molecule has 17 heavy (non-hydrogen) atoms. The minimum Gasteiger partial charge on any atom is -0.268 e. The molecule has 1 fully saturated rings. The summed E-state index contributed by atoms with van der Waals surface area (Å²) in [6, 6.07) is -0.838. The monoisotopic (exact) mass is 258 g/mol. The lowest BCUT2D eigenvalue weighted by Crippen LogP contribution is -2.42. The van der Waals surface area contributed by atoms with E-state index < -0.39 is 11.1 Å². The number of hydrogen-bond donors (Lipinski definition) is 1. The van der Waals surface area contributed by atoms with Gasteiger partial charge in [-0.3, -0.25) is 5.32 Å². The number of urea groups is 1. The van der Waals surface area contributed by atoms with Gasteiger partial charge in [-0.1, -0.05) is 13.8 Å². The summed E-state index contributed by atoms with van der Waals surface area (Å²) in [6.07, 6.45) is 2.95. The molecule has 0 atom stereocenters. The van der Waals surface area contributed by atoms with Crippen molar-refractivity contribution in [1.29, 1.82) is 0 Å². The second-order valence-corrected chi connectivity index (χ2v) is 5.01. The predicted octanol–water partition coefficient (Wildman–Crippen LogP) is 0.535. The van der Waals surface area contributed by atoms with Crippen molar-refractivity contribution in [2.75, 3.05) is 0 Å². The second-order valence-electron chi connectivity index (χ2n) is 3.48. The molecule has 1 saturated heterocycles. The first-order valence-corrected chi connectivity index (χ1v) is 5.60. The zero-order valence-electron chi connectivity index (χ0n) is 9.10. The molecule has 0 aromatic carbocycles. The van der Waals surface area contributed by atoms with Crippen LogP contribution >= 0.6 is 11.9 Å². The first-order valence-electron chi connectivity index (χ1n) is 4.76. The molecule has 0 spiro atoms. The number of fused-ring (bicyclic) bond motifs is 1. The van der Waals surface area contributed by atoms with Crippen LogP contribution in [0, 0.1) is 10.1 Å². The molecule has 0 bridgehead atoms. The Morgan fingerprint density at radius 2 is 2.24 bits per heavy atom. The first-order chi connectivity index (χ1) is 7.99. The Morgan fingerprint density at radius 1 is 1.53 bits per heavy atom. The summed E-state index contributed by atoms with van der Waals surface area (Å²) in [6.45, 7) is 3.98. The summed E-state index contributed by atoms with van der Waals surface area (Å²) < 4.78 is 1.54. The van der Waals surface area contributed by atoms with Gasteiger partial charge in [0.05, 0.1) is 17.5 Å². The third-order valence-corrected chi connectivity index (χ3v) is 2.66. The molecule has 2 heterocycles. The van der Waals surface area contributed by atoms with Gasteiger partial charge in [0.15, 0.2) is 5.03 Å². The van der Waals surface area contributed by atoms with Crippen LogP contribution in [0.1, 0.15) is 13.8 Å². The van der Waals surface area contributed by atoms with Crippen LogP contribution in [0.25, 0.3) is 0 Å². The molecule has 0 unspecified atom stereocenters. The van der Waals surface area contributed by atoms with Gasteiger partial charge in [0.1, 0.15) is 0 Å². The number of nitrogens with zero attached hydrogens (tertiary/aromatic N) is 5. The molecule has 2 aliphatic heterocycles. The van der Waals surface area contributed by atoms with Gasteiger partial charge in [-0.25, -0.2) is 19.3 Å². The van der Waals surface area contributed by atoms with Gasteiger partial charge < -0.3 is 0 Å². The van der Waals surface area contributed by atoms with Crippen molar-refractivity contribution >= 4 is 23.9 Å². The number of rotatable bonds is 3. The minimum atomic E-state index is -0.838. The standard InChI is InChI=1S/C7H10N6O3S/c1-5(2)17-11-4-3-10-6(9-11)8-7(14)12(10)13(15)16/h3-5H,1-2H3,(H,8,9,14). The summed E-state index contributed by atoms with van der Waals surface area (Å²) in [5, 5.41) is 17.9. The topological polar surface area (TPSA) is 94.3 Å². The highest BCUT2D eigenvalue weighted by Crippen LogP contribution is 2.22. The SMILES string of the molecule is CC(C)SN1C=CN2C(=N1)NC(=O)N2[N+](=O)[O-]. The van der Waals surface area contributed by atoms with E-state index in [1.807, 2.05) is 13.8 Å². The number of hydrogen-bond acceptors (Lipinski definition) is 7. The zero-order chi connectivity index (χ0) is 12.6. The normalized spacial score (nSPS) is 18.4. The Kier molecular flexibility index (Phi) is 2.79. The van der Waals surface area contributed by atoms with Crippen LogP contribution in [0.15, 0.2) is 17.5 Å². The van der Waals surface area contributed by atoms with Gasteiger partial charge in [0, 0.05) is 5.25 Å². The molecule has 0 saturated carbocycles. The van der Waals surface area contributed by atoms with Crippen molar-refractivity contribution in [3.05, 3.63) is 22.5 Å². The fourth-order valence-electron chi connectivity index (χ4n) is 1.27. The molecule has 0 aliphatic carbocycles. The van der Waals surface area contributed by atoms with Crippen LogP contribution in [0.4, 0.5) is 4.79 Å². The molecule has 1 N–H and O–H groups in total. The second kappa shape index (κ2) is 4.13. The van der Waals surface area contributed by atoms with Crippen molar-refractivity contribution in [3.8, 4) is 0 Å². The molecule has 92 valence electrons. The molecular formula is C7H10N6O3S. The predicted molar refractivity (Wildman–Crippen MR) is 60.3 cm³/mol. The van der Waals surface area contributed by atoms with E-state index in [0.29, 0.717) is 10.4 Å². The van der Waals surface area contributed by atoms with Crippen LogP contribution in [-0.2, 0) is 0 Å². The van der Waals surface area contributed by atoms with E-state index in [1.165, 1.54) is 18.1 Å². The molecule has 0 aromatic rings. The van der Waals surface area contributed by atoms with Crippen molar-refractivity contribution < 1.29 is 9.83 Å². The molecule has 9 nitrogen and oxygen atoms in total. The number of carbonyl (C=O) groups excluding carboxylic acids is 1. The fraction of sp³-hybridized carbons (Fsp3) is 0.429. The third-order valence-electron chi connectivity index (χ3n) is 1.82. The molecule has 0 aromatic heterocycles. The highest BCUT2D eigenvalue weighted by Gasteiger charge is 2.43. The van der Waals surface area contributed by atoms with Crippen molar-refractivity contribution in [3.63, 3.8) is 0 Å². The Labute approximate surface area is 101 Å². The van der Waals surface area contributed by atoms with Crippen LogP contribution in [0.5, 0.6) is 0 Å². The number of guanidine groups is 1. The molecule has 2 aliphatic rings. The van der Waals surface area contributed by atoms with Gasteiger partial charge in [0.2, 0.25) is 0 Å². The molecule has 0 radical (unpaired) electrons. The Balaban J connectivity index is 2.17. The van der Waals surface area contributed by atoms with E-state index in [4.69, 9.17) is 0 Å². The summed E-state index contributed by atoms with van der Waals surface area (Å²) >= 11 is 1.43. The summed E-state index contributed by atoms with van der Waals surface area (Å²) in [4.78, 5) is 21.9. The Bertz CT molecular complexity index is 422. The average molecular weight is 258 g/mol. The minimum absolute atomic E-state index is 0.113. The maximum Gasteiger partial charge on any atom is 0.408 e.